The van der Waals surface area contributed by atoms with Gasteiger partial charge in [0.1, 0.15) is 0 Å². The van der Waals surface area contributed by atoms with Crippen molar-refractivity contribution in [2.75, 3.05) is 0 Å². The van der Waals surface area contributed by atoms with Crippen molar-refractivity contribution in [3.8, 4) is 23.0 Å². The number of benzene rings is 2. The van der Waals surface area contributed by atoms with Gasteiger partial charge in [-0.25, -0.2) is 4.79 Å². The van der Waals surface area contributed by atoms with Crippen LogP contribution in [0.1, 0.15) is 25.0 Å². The molecule has 0 aliphatic rings. The maximum atomic E-state index is 12.4. The van der Waals surface area contributed by atoms with E-state index in [0.717, 1.165) is 6.08 Å². The average molecular weight is 401 g/mol. The number of hydrogen-bond acceptors (Lipinski definition) is 7. The fourth-order valence-corrected chi connectivity index (χ4v) is 2.46. The zero-order valence-corrected chi connectivity index (χ0v) is 16.0. The molecule has 2 aromatic rings. The van der Waals surface area contributed by atoms with Gasteiger partial charge in [-0.2, -0.15) is 0 Å². The molecule has 0 aliphatic heterocycles. The molecule has 2 aromatic carbocycles. The topological polar surface area (TPSA) is 136 Å². The van der Waals surface area contributed by atoms with E-state index in [9.17, 15) is 30.0 Å². The molecule has 0 fully saturated rings. The largest absolute Gasteiger partial charge is 0.504 e. The second kappa shape index (κ2) is 9.50. The van der Waals surface area contributed by atoms with Gasteiger partial charge in [-0.3, -0.25) is 4.79 Å². The van der Waals surface area contributed by atoms with Crippen molar-refractivity contribution >= 4 is 18.0 Å². The third-order valence-corrected chi connectivity index (χ3v) is 3.85. The molecule has 0 saturated heterocycles. The molecule has 0 radical (unpaired) electrons. The van der Waals surface area contributed by atoms with Crippen molar-refractivity contribution in [1.82, 2.24) is 5.32 Å². The Hall–Kier alpha value is -3.68. The Kier molecular flexibility index (Phi) is 7.08. The van der Waals surface area contributed by atoms with Crippen LogP contribution in [0, 0.1) is 0 Å². The highest BCUT2D eigenvalue weighted by molar-refractivity contribution is 5.90. The van der Waals surface area contributed by atoms with Crippen molar-refractivity contribution < 1.29 is 34.8 Å². The predicted octanol–water partition coefficient (Wildman–Crippen LogP) is 2.20. The van der Waals surface area contributed by atoms with Crippen molar-refractivity contribution in [3.63, 3.8) is 0 Å². The minimum Gasteiger partial charge on any atom is -0.504 e. The van der Waals surface area contributed by atoms with Crippen molar-refractivity contribution in [1.29, 1.82) is 0 Å². The number of carbonyl (C=O) groups excluding carboxylic acids is 2. The molecule has 0 heterocycles. The maximum absolute atomic E-state index is 12.4. The van der Waals surface area contributed by atoms with Crippen LogP contribution in [0.25, 0.3) is 6.08 Å². The number of phenols is 4. The highest BCUT2D eigenvalue weighted by Crippen LogP contribution is 2.26. The quantitative estimate of drug-likeness (QED) is 0.272. The first kappa shape index (κ1) is 21.6. The van der Waals surface area contributed by atoms with E-state index in [1.165, 1.54) is 42.5 Å². The molecule has 1 atom stereocenters. The Morgan fingerprint density at radius 1 is 0.966 bits per heavy atom. The Balaban J connectivity index is 2.13. The van der Waals surface area contributed by atoms with E-state index in [0.29, 0.717) is 11.1 Å². The Labute approximate surface area is 167 Å². The van der Waals surface area contributed by atoms with E-state index < -0.39 is 18.0 Å². The summed E-state index contributed by atoms with van der Waals surface area (Å²) in [6, 6.07) is 7.92. The molecule has 1 unspecified atom stereocenters. The van der Waals surface area contributed by atoms with Gasteiger partial charge in [0, 0.05) is 18.5 Å². The maximum Gasteiger partial charge on any atom is 0.331 e. The number of amides is 1. The molecule has 8 nitrogen and oxygen atoms in total. The van der Waals surface area contributed by atoms with Crippen molar-refractivity contribution in [3.05, 3.63) is 53.6 Å². The highest BCUT2D eigenvalue weighted by atomic mass is 16.5. The third kappa shape index (κ3) is 6.46. The zero-order chi connectivity index (χ0) is 21.6. The SMILES string of the molecule is CC(C)NC(=O)C(Cc1ccc(O)c(O)c1)OC(=O)/C=C/c1ccc(O)c(O)c1. The molecule has 0 bridgehead atoms. The van der Waals surface area contributed by atoms with Gasteiger partial charge in [-0.05, 0) is 55.3 Å². The summed E-state index contributed by atoms with van der Waals surface area (Å²) in [6.07, 6.45) is 1.29. The molecule has 0 saturated carbocycles. The van der Waals surface area contributed by atoms with Gasteiger partial charge in [-0.15, -0.1) is 0 Å². The first-order chi connectivity index (χ1) is 13.7. The summed E-state index contributed by atoms with van der Waals surface area (Å²) < 4.78 is 5.27. The molecule has 29 heavy (non-hydrogen) atoms. The summed E-state index contributed by atoms with van der Waals surface area (Å²) in [6.45, 7) is 3.53. The van der Waals surface area contributed by atoms with Crippen LogP contribution in [0.15, 0.2) is 42.5 Å². The van der Waals surface area contributed by atoms with Gasteiger partial charge in [0.2, 0.25) is 0 Å². The number of nitrogens with one attached hydrogen (secondary N) is 1. The number of esters is 1. The number of phenolic OH excluding ortho intramolecular Hbond substituents is 4. The van der Waals surface area contributed by atoms with E-state index in [1.807, 2.05) is 0 Å². The molecule has 8 heteroatoms. The lowest BCUT2D eigenvalue weighted by Crippen LogP contribution is -2.42. The lowest BCUT2D eigenvalue weighted by atomic mass is 10.1. The normalized spacial score (nSPS) is 12.1. The molecule has 5 N–H and O–H groups in total. The van der Waals surface area contributed by atoms with E-state index in [2.05, 4.69) is 5.32 Å². The molecule has 0 aromatic heterocycles. The van der Waals surface area contributed by atoms with Gasteiger partial charge in [0.15, 0.2) is 29.1 Å². The summed E-state index contributed by atoms with van der Waals surface area (Å²) in [7, 11) is 0. The summed E-state index contributed by atoms with van der Waals surface area (Å²) in [5.74, 6) is -2.55. The molecular weight excluding hydrogens is 378 g/mol. The van der Waals surface area contributed by atoms with Crippen LogP contribution in [0.2, 0.25) is 0 Å². The second-order valence-electron chi connectivity index (χ2n) is 6.70. The van der Waals surface area contributed by atoms with Crippen LogP contribution >= 0.6 is 0 Å². The van der Waals surface area contributed by atoms with E-state index in [-0.39, 0.29) is 35.5 Å². The van der Waals surface area contributed by atoms with E-state index >= 15 is 0 Å². The van der Waals surface area contributed by atoms with E-state index in [4.69, 9.17) is 4.74 Å². The van der Waals surface area contributed by atoms with Crippen molar-refractivity contribution in [2.45, 2.75) is 32.4 Å². The summed E-state index contributed by atoms with van der Waals surface area (Å²) in [5, 5.41) is 40.5. The minimum atomic E-state index is -1.16. The number of aromatic hydroxyl groups is 4. The summed E-state index contributed by atoms with van der Waals surface area (Å²) in [4.78, 5) is 24.6. The fourth-order valence-electron chi connectivity index (χ4n) is 2.46. The lowest BCUT2D eigenvalue weighted by Gasteiger charge is -2.18. The number of ether oxygens (including phenoxy) is 1. The standard InChI is InChI=1S/C21H23NO7/c1-12(2)22-21(28)19(11-14-4-7-16(24)18(26)10-14)29-20(27)8-5-13-3-6-15(23)17(25)9-13/h3-10,12,19,23-26H,11H2,1-2H3,(H,22,28)/b8-5+. The monoisotopic (exact) mass is 401 g/mol. The smallest absolute Gasteiger partial charge is 0.331 e. The second-order valence-corrected chi connectivity index (χ2v) is 6.70. The fraction of sp³-hybridized carbons (Fsp3) is 0.238. The number of rotatable bonds is 7. The van der Waals surface area contributed by atoms with E-state index in [1.54, 1.807) is 13.8 Å². The molecular formula is C21H23NO7. The highest BCUT2D eigenvalue weighted by Gasteiger charge is 2.23. The van der Waals surface area contributed by atoms with Crippen molar-refractivity contribution in [2.24, 2.45) is 0 Å². The van der Waals surface area contributed by atoms with Gasteiger partial charge < -0.3 is 30.5 Å². The molecule has 154 valence electrons. The molecule has 2 rings (SSSR count). The van der Waals surface area contributed by atoms with Crippen LogP contribution in [0.5, 0.6) is 23.0 Å². The number of carbonyl (C=O) groups is 2. The number of hydrogen-bond donors (Lipinski definition) is 5. The van der Waals surface area contributed by atoms with Gasteiger partial charge >= 0.3 is 5.97 Å². The summed E-state index contributed by atoms with van der Waals surface area (Å²) in [5.41, 5.74) is 0.938. The average Bonchev–Trinajstić information content (AvgIpc) is 2.64. The van der Waals surface area contributed by atoms with Crippen LogP contribution in [0.4, 0.5) is 0 Å². The summed E-state index contributed by atoms with van der Waals surface area (Å²) >= 11 is 0. The predicted molar refractivity (Wildman–Crippen MR) is 105 cm³/mol. The van der Waals surface area contributed by atoms with Crippen LogP contribution < -0.4 is 5.32 Å². The molecule has 0 aliphatic carbocycles. The Bertz CT molecular complexity index is 921. The zero-order valence-electron chi connectivity index (χ0n) is 16.0. The first-order valence-electron chi connectivity index (χ1n) is 8.87. The Morgan fingerprint density at radius 3 is 2.17 bits per heavy atom. The molecule has 0 spiro atoms. The van der Waals surface area contributed by atoms with Gasteiger partial charge in [0.05, 0.1) is 0 Å². The first-order valence-corrected chi connectivity index (χ1v) is 8.87. The lowest BCUT2D eigenvalue weighted by molar-refractivity contribution is -0.151. The molecule has 1 amide bonds. The van der Waals surface area contributed by atoms with Crippen LogP contribution in [-0.2, 0) is 20.7 Å². The third-order valence-electron chi connectivity index (χ3n) is 3.85. The Morgan fingerprint density at radius 2 is 1.59 bits per heavy atom. The van der Waals surface area contributed by atoms with Gasteiger partial charge in [-0.1, -0.05) is 12.1 Å². The van der Waals surface area contributed by atoms with Gasteiger partial charge in [0.25, 0.3) is 5.91 Å². The van der Waals surface area contributed by atoms with Crippen LogP contribution in [0.3, 0.4) is 0 Å². The minimum absolute atomic E-state index is 0.00797. The van der Waals surface area contributed by atoms with Crippen LogP contribution in [-0.4, -0.2) is 44.4 Å².